The first-order valence-corrected chi connectivity index (χ1v) is 7.37. The second-order valence-corrected chi connectivity index (χ2v) is 6.32. The van der Waals surface area contributed by atoms with E-state index in [1.165, 1.54) is 6.07 Å². The van der Waals surface area contributed by atoms with Gasteiger partial charge in [-0.3, -0.25) is 0 Å². The Kier molecular flexibility index (Phi) is 4.64. The summed E-state index contributed by atoms with van der Waals surface area (Å²) in [6.07, 6.45) is -0.639. The number of aliphatic hydroxyl groups is 1. The molecular formula is C14H17BrF3NO. The van der Waals surface area contributed by atoms with Crippen LogP contribution in [0.5, 0.6) is 0 Å². The van der Waals surface area contributed by atoms with Crippen LogP contribution in [-0.4, -0.2) is 18.3 Å². The number of alkyl halides is 3. The predicted octanol–water partition coefficient (Wildman–Crippen LogP) is 4.43. The van der Waals surface area contributed by atoms with Gasteiger partial charge in [-0.2, -0.15) is 13.2 Å². The molecule has 0 amide bonds. The number of rotatable bonds is 4. The molecule has 0 saturated heterocycles. The topological polar surface area (TPSA) is 32.3 Å². The van der Waals surface area contributed by atoms with Gasteiger partial charge in [-0.05, 0) is 31.0 Å². The Bertz CT molecular complexity index is 470. The largest absolute Gasteiger partial charge is 0.418 e. The first-order chi connectivity index (χ1) is 9.36. The SMILES string of the molecule is OCC1(CNc2ccc(Br)cc2C(F)(F)F)CCCC1. The molecule has 0 bridgehead atoms. The van der Waals surface area contributed by atoms with Crippen molar-refractivity contribution in [3.63, 3.8) is 0 Å². The minimum Gasteiger partial charge on any atom is -0.396 e. The van der Waals surface area contributed by atoms with Crippen molar-refractivity contribution in [1.82, 2.24) is 0 Å². The van der Waals surface area contributed by atoms with E-state index in [1.54, 1.807) is 6.07 Å². The molecule has 1 saturated carbocycles. The highest BCUT2D eigenvalue weighted by atomic mass is 79.9. The quantitative estimate of drug-likeness (QED) is 0.840. The van der Waals surface area contributed by atoms with Crippen LogP contribution in [0.25, 0.3) is 0 Å². The fourth-order valence-electron chi connectivity index (χ4n) is 2.70. The molecular weight excluding hydrogens is 335 g/mol. The zero-order valence-electron chi connectivity index (χ0n) is 10.9. The van der Waals surface area contributed by atoms with Gasteiger partial charge in [-0.1, -0.05) is 28.8 Å². The summed E-state index contributed by atoms with van der Waals surface area (Å²) in [4.78, 5) is 0. The Balaban J connectivity index is 2.17. The fourth-order valence-corrected chi connectivity index (χ4v) is 3.06. The maximum Gasteiger partial charge on any atom is 0.418 e. The molecule has 6 heteroatoms. The van der Waals surface area contributed by atoms with Crippen LogP contribution in [0, 0.1) is 5.41 Å². The highest BCUT2D eigenvalue weighted by Gasteiger charge is 2.36. The van der Waals surface area contributed by atoms with E-state index >= 15 is 0 Å². The average Bonchev–Trinajstić information content (AvgIpc) is 2.86. The van der Waals surface area contributed by atoms with Crippen molar-refractivity contribution in [1.29, 1.82) is 0 Å². The second kappa shape index (κ2) is 5.93. The minimum absolute atomic E-state index is 0.0118. The number of benzene rings is 1. The van der Waals surface area contributed by atoms with E-state index in [0.29, 0.717) is 11.0 Å². The van der Waals surface area contributed by atoms with Crippen molar-refractivity contribution in [3.8, 4) is 0 Å². The summed E-state index contributed by atoms with van der Waals surface area (Å²) in [5.41, 5.74) is -0.894. The zero-order chi connectivity index (χ0) is 14.8. The number of halogens is 4. The summed E-state index contributed by atoms with van der Waals surface area (Å²) in [6.45, 7) is 0.381. The molecule has 2 nitrogen and oxygen atoms in total. The van der Waals surface area contributed by atoms with Crippen molar-refractivity contribution in [2.75, 3.05) is 18.5 Å². The molecule has 2 rings (SSSR count). The van der Waals surface area contributed by atoms with Gasteiger partial charge in [0.1, 0.15) is 0 Å². The highest BCUT2D eigenvalue weighted by Crippen LogP contribution is 2.40. The third kappa shape index (κ3) is 3.47. The lowest BCUT2D eigenvalue weighted by Gasteiger charge is -2.28. The molecule has 0 spiro atoms. The lowest BCUT2D eigenvalue weighted by molar-refractivity contribution is -0.137. The molecule has 1 aliphatic rings. The third-order valence-corrected chi connectivity index (χ3v) is 4.43. The third-order valence-electron chi connectivity index (χ3n) is 3.94. The van der Waals surface area contributed by atoms with Crippen LogP contribution in [0.2, 0.25) is 0 Å². The van der Waals surface area contributed by atoms with Gasteiger partial charge in [0, 0.05) is 22.1 Å². The molecule has 1 fully saturated rings. The van der Waals surface area contributed by atoms with Crippen LogP contribution in [0.3, 0.4) is 0 Å². The van der Waals surface area contributed by atoms with Crippen molar-refractivity contribution in [3.05, 3.63) is 28.2 Å². The highest BCUT2D eigenvalue weighted by molar-refractivity contribution is 9.10. The van der Waals surface area contributed by atoms with Gasteiger partial charge in [-0.25, -0.2) is 0 Å². The maximum atomic E-state index is 13.0. The van der Waals surface area contributed by atoms with E-state index in [1.807, 2.05) is 0 Å². The molecule has 0 heterocycles. The molecule has 1 aromatic rings. The van der Waals surface area contributed by atoms with Gasteiger partial charge in [0.25, 0.3) is 0 Å². The lowest BCUT2D eigenvalue weighted by Crippen LogP contribution is -2.31. The van der Waals surface area contributed by atoms with Gasteiger partial charge in [-0.15, -0.1) is 0 Å². The first kappa shape index (κ1) is 15.6. The Labute approximate surface area is 124 Å². The fraction of sp³-hybridized carbons (Fsp3) is 0.571. The van der Waals surface area contributed by atoms with E-state index in [-0.39, 0.29) is 17.7 Å². The maximum absolute atomic E-state index is 13.0. The molecule has 2 N–H and O–H groups in total. The molecule has 1 aromatic carbocycles. The van der Waals surface area contributed by atoms with Crippen LogP contribution < -0.4 is 5.32 Å². The molecule has 0 unspecified atom stereocenters. The van der Waals surface area contributed by atoms with Crippen LogP contribution in [0.4, 0.5) is 18.9 Å². The molecule has 0 atom stereocenters. The zero-order valence-corrected chi connectivity index (χ0v) is 12.5. The van der Waals surface area contributed by atoms with Gasteiger partial charge in [0.2, 0.25) is 0 Å². The van der Waals surface area contributed by atoms with Crippen molar-refractivity contribution < 1.29 is 18.3 Å². The number of anilines is 1. The lowest BCUT2D eigenvalue weighted by atomic mass is 9.87. The van der Waals surface area contributed by atoms with E-state index in [0.717, 1.165) is 31.7 Å². The summed E-state index contributed by atoms with van der Waals surface area (Å²) in [5, 5.41) is 12.4. The Morgan fingerprint density at radius 2 is 1.90 bits per heavy atom. The summed E-state index contributed by atoms with van der Waals surface area (Å²) in [7, 11) is 0. The normalized spacial score (nSPS) is 18.2. The smallest absolute Gasteiger partial charge is 0.396 e. The number of hydrogen-bond acceptors (Lipinski definition) is 2. The van der Waals surface area contributed by atoms with Gasteiger partial charge >= 0.3 is 6.18 Å². The minimum atomic E-state index is -4.39. The Morgan fingerprint density at radius 1 is 1.25 bits per heavy atom. The predicted molar refractivity (Wildman–Crippen MR) is 75.6 cm³/mol. The van der Waals surface area contributed by atoms with E-state index in [4.69, 9.17) is 0 Å². The van der Waals surface area contributed by atoms with E-state index in [2.05, 4.69) is 21.2 Å². The van der Waals surface area contributed by atoms with Crippen molar-refractivity contribution in [2.24, 2.45) is 5.41 Å². The number of aliphatic hydroxyl groups excluding tert-OH is 1. The van der Waals surface area contributed by atoms with Crippen molar-refractivity contribution >= 4 is 21.6 Å². The average molecular weight is 352 g/mol. The second-order valence-electron chi connectivity index (χ2n) is 5.41. The van der Waals surface area contributed by atoms with Crippen LogP contribution >= 0.6 is 15.9 Å². The standard InChI is InChI=1S/C14H17BrF3NO/c15-10-3-4-12(11(7-10)14(16,17)18)19-8-13(9-20)5-1-2-6-13/h3-4,7,19-20H,1-2,5-6,8-9H2. The van der Waals surface area contributed by atoms with Crippen LogP contribution in [0.1, 0.15) is 31.2 Å². The van der Waals surface area contributed by atoms with Crippen LogP contribution in [-0.2, 0) is 6.18 Å². The van der Waals surface area contributed by atoms with Gasteiger partial charge in [0.05, 0.1) is 12.2 Å². The van der Waals surface area contributed by atoms with Gasteiger partial charge in [0.15, 0.2) is 0 Å². The number of nitrogens with one attached hydrogen (secondary N) is 1. The molecule has 1 aliphatic carbocycles. The summed E-state index contributed by atoms with van der Waals surface area (Å²) >= 11 is 3.06. The Morgan fingerprint density at radius 3 is 2.45 bits per heavy atom. The molecule has 20 heavy (non-hydrogen) atoms. The Hall–Kier alpha value is -0.750. The van der Waals surface area contributed by atoms with Crippen molar-refractivity contribution in [2.45, 2.75) is 31.9 Å². The number of hydrogen-bond donors (Lipinski definition) is 2. The molecule has 0 aromatic heterocycles. The van der Waals surface area contributed by atoms with E-state index in [9.17, 15) is 18.3 Å². The summed E-state index contributed by atoms with van der Waals surface area (Å²) in [6, 6.07) is 4.08. The molecule has 0 radical (unpaired) electrons. The first-order valence-electron chi connectivity index (χ1n) is 6.58. The monoisotopic (exact) mass is 351 g/mol. The summed E-state index contributed by atoms with van der Waals surface area (Å²) < 4.78 is 39.4. The summed E-state index contributed by atoms with van der Waals surface area (Å²) in [5.74, 6) is 0. The molecule has 0 aliphatic heterocycles. The van der Waals surface area contributed by atoms with E-state index < -0.39 is 11.7 Å². The van der Waals surface area contributed by atoms with Gasteiger partial charge < -0.3 is 10.4 Å². The molecule has 112 valence electrons. The van der Waals surface area contributed by atoms with Crippen LogP contribution in [0.15, 0.2) is 22.7 Å².